The van der Waals surface area contributed by atoms with Crippen molar-refractivity contribution in [3.63, 3.8) is 0 Å². The van der Waals surface area contributed by atoms with Gasteiger partial charge in [-0.25, -0.2) is 4.98 Å². The van der Waals surface area contributed by atoms with Crippen molar-refractivity contribution in [3.05, 3.63) is 53.2 Å². The van der Waals surface area contributed by atoms with Crippen molar-refractivity contribution < 1.29 is 9.90 Å². The van der Waals surface area contributed by atoms with E-state index in [9.17, 15) is 9.90 Å². The third-order valence-corrected chi connectivity index (χ3v) is 6.10. The molecule has 1 amide bonds. The molecule has 1 fully saturated rings. The summed E-state index contributed by atoms with van der Waals surface area (Å²) in [6, 6.07) is 9.72. The predicted molar refractivity (Wildman–Crippen MR) is 129 cm³/mol. The minimum atomic E-state index is -0.355. The smallest absolute Gasteiger partial charge is 0.221 e. The number of aromatic nitrogens is 3. The molecule has 1 aliphatic heterocycles. The van der Waals surface area contributed by atoms with Gasteiger partial charge in [0.2, 0.25) is 5.91 Å². The summed E-state index contributed by atoms with van der Waals surface area (Å²) in [5, 5.41) is 25.3. The molecule has 0 radical (unpaired) electrons. The number of nitrogens with zero attached hydrogens (tertiary/aromatic N) is 3. The molecule has 2 aromatic heterocycles. The van der Waals surface area contributed by atoms with Gasteiger partial charge in [0.25, 0.3) is 0 Å². The van der Waals surface area contributed by atoms with E-state index in [-0.39, 0.29) is 30.3 Å². The standard InChI is InChI=1S/C24H33N7O2/c1-15(2)22-23(29-13-18-6-8-26-14-19(18)32)30-31-21(7-9-27-24(22)31)28-12-17-5-3-4-16(10-17)11-20(25)33/h3-5,7,9-10,15,18-19,26,28,32H,6,8,11-14H2,1-2H3,(H2,25,33)(H,29,30)/t18-,19+/m1/s1. The van der Waals surface area contributed by atoms with Crippen molar-refractivity contribution in [2.75, 3.05) is 30.3 Å². The maximum Gasteiger partial charge on any atom is 0.221 e. The van der Waals surface area contributed by atoms with E-state index in [4.69, 9.17) is 10.8 Å². The van der Waals surface area contributed by atoms with Crippen LogP contribution in [0.1, 0.15) is 42.9 Å². The Morgan fingerprint density at radius 1 is 1.30 bits per heavy atom. The molecule has 33 heavy (non-hydrogen) atoms. The lowest BCUT2D eigenvalue weighted by Crippen LogP contribution is -2.43. The van der Waals surface area contributed by atoms with Crippen molar-refractivity contribution in [1.82, 2.24) is 19.9 Å². The van der Waals surface area contributed by atoms with Crippen LogP contribution in [0.25, 0.3) is 5.65 Å². The average molecular weight is 452 g/mol. The molecular formula is C24H33N7O2. The average Bonchev–Trinajstić information content (AvgIpc) is 3.16. The SMILES string of the molecule is CC(C)c1c(NC[C@H]2CCNC[C@@H]2O)nn2c(NCc3cccc(CC(N)=O)c3)ccnc12. The molecule has 0 saturated carbocycles. The zero-order valence-electron chi connectivity index (χ0n) is 19.2. The molecule has 1 aromatic carbocycles. The molecule has 0 spiro atoms. The van der Waals surface area contributed by atoms with Crippen LogP contribution in [0, 0.1) is 5.92 Å². The highest BCUT2D eigenvalue weighted by atomic mass is 16.3. The van der Waals surface area contributed by atoms with Gasteiger partial charge in [0.15, 0.2) is 11.5 Å². The molecule has 0 aliphatic carbocycles. The summed E-state index contributed by atoms with van der Waals surface area (Å²) < 4.78 is 1.84. The van der Waals surface area contributed by atoms with Crippen LogP contribution in [0.2, 0.25) is 0 Å². The van der Waals surface area contributed by atoms with E-state index in [2.05, 4.69) is 34.8 Å². The Labute approximate surface area is 193 Å². The lowest BCUT2D eigenvalue weighted by molar-refractivity contribution is -0.117. The number of carbonyl (C=O) groups is 1. The van der Waals surface area contributed by atoms with E-state index in [1.54, 1.807) is 6.20 Å². The van der Waals surface area contributed by atoms with Crippen LogP contribution < -0.4 is 21.7 Å². The summed E-state index contributed by atoms with van der Waals surface area (Å²) in [7, 11) is 0. The molecule has 0 unspecified atom stereocenters. The lowest BCUT2D eigenvalue weighted by atomic mass is 9.95. The predicted octanol–water partition coefficient (Wildman–Crippen LogP) is 1.87. The normalized spacial score (nSPS) is 18.5. The summed E-state index contributed by atoms with van der Waals surface area (Å²) in [5.41, 5.74) is 9.14. The van der Waals surface area contributed by atoms with Gasteiger partial charge in [-0.2, -0.15) is 4.52 Å². The number of nitrogens with two attached hydrogens (primary N) is 1. The fraction of sp³-hybridized carbons (Fsp3) is 0.458. The molecular weight excluding hydrogens is 418 g/mol. The third kappa shape index (κ3) is 5.43. The number of hydrogen-bond acceptors (Lipinski definition) is 7. The second-order valence-electron chi connectivity index (χ2n) is 9.00. The number of anilines is 2. The Bertz CT molecular complexity index is 1110. The topological polar surface area (TPSA) is 130 Å². The monoisotopic (exact) mass is 451 g/mol. The maximum absolute atomic E-state index is 11.2. The number of aliphatic hydroxyl groups excluding tert-OH is 1. The Hall–Kier alpha value is -3.17. The zero-order chi connectivity index (χ0) is 23.4. The molecule has 3 aromatic rings. The van der Waals surface area contributed by atoms with E-state index in [1.807, 2.05) is 34.8 Å². The highest BCUT2D eigenvalue weighted by molar-refractivity contribution is 5.76. The van der Waals surface area contributed by atoms with Gasteiger partial charge in [-0.1, -0.05) is 38.1 Å². The van der Waals surface area contributed by atoms with Crippen LogP contribution in [0.4, 0.5) is 11.6 Å². The molecule has 2 atom stereocenters. The minimum Gasteiger partial charge on any atom is -0.391 e. The molecule has 4 rings (SSSR count). The number of piperidine rings is 1. The second-order valence-corrected chi connectivity index (χ2v) is 9.00. The quantitative estimate of drug-likeness (QED) is 0.336. The van der Waals surface area contributed by atoms with Gasteiger partial charge in [0.1, 0.15) is 5.82 Å². The molecule has 9 nitrogen and oxygen atoms in total. The Morgan fingerprint density at radius 2 is 2.12 bits per heavy atom. The first-order valence-corrected chi connectivity index (χ1v) is 11.5. The number of aliphatic hydroxyl groups is 1. The summed E-state index contributed by atoms with van der Waals surface area (Å²) in [4.78, 5) is 15.8. The summed E-state index contributed by atoms with van der Waals surface area (Å²) in [6.45, 7) is 7.06. The zero-order valence-corrected chi connectivity index (χ0v) is 19.2. The number of rotatable bonds is 9. The number of fused-ring (bicyclic) bond motifs is 1. The number of carbonyl (C=O) groups excluding carboxylic acids is 1. The van der Waals surface area contributed by atoms with E-state index in [0.717, 1.165) is 46.9 Å². The van der Waals surface area contributed by atoms with E-state index in [0.29, 0.717) is 19.6 Å². The fourth-order valence-corrected chi connectivity index (χ4v) is 4.36. The van der Waals surface area contributed by atoms with Gasteiger partial charge >= 0.3 is 0 Å². The largest absolute Gasteiger partial charge is 0.391 e. The first-order valence-electron chi connectivity index (χ1n) is 11.5. The number of nitrogens with one attached hydrogen (secondary N) is 3. The third-order valence-electron chi connectivity index (χ3n) is 6.10. The minimum absolute atomic E-state index is 0.189. The van der Waals surface area contributed by atoms with E-state index in [1.165, 1.54) is 0 Å². The number of amides is 1. The second kappa shape index (κ2) is 10.2. The van der Waals surface area contributed by atoms with Crippen molar-refractivity contribution in [3.8, 4) is 0 Å². The first-order chi connectivity index (χ1) is 15.9. The van der Waals surface area contributed by atoms with Gasteiger partial charge in [-0.05, 0) is 36.1 Å². The molecule has 1 saturated heterocycles. The fourth-order valence-electron chi connectivity index (χ4n) is 4.36. The van der Waals surface area contributed by atoms with Gasteiger partial charge in [0.05, 0.1) is 12.5 Å². The number of hydrogen-bond donors (Lipinski definition) is 5. The number of primary amides is 1. The molecule has 0 bridgehead atoms. The molecule has 6 N–H and O–H groups in total. The Morgan fingerprint density at radius 3 is 2.88 bits per heavy atom. The van der Waals surface area contributed by atoms with Crippen molar-refractivity contribution in [1.29, 1.82) is 0 Å². The highest BCUT2D eigenvalue weighted by Gasteiger charge is 2.24. The van der Waals surface area contributed by atoms with Gasteiger partial charge < -0.3 is 26.8 Å². The lowest BCUT2D eigenvalue weighted by Gasteiger charge is -2.28. The molecule has 3 heterocycles. The van der Waals surface area contributed by atoms with Gasteiger partial charge in [-0.15, -0.1) is 5.10 Å². The van der Waals surface area contributed by atoms with Crippen LogP contribution in [0.3, 0.4) is 0 Å². The molecule has 1 aliphatic rings. The molecule has 176 valence electrons. The van der Waals surface area contributed by atoms with Crippen LogP contribution >= 0.6 is 0 Å². The molecule has 9 heteroatoms. The van der Waals surface area contributed by atoms with Crippen LogP contribution in [-0.2, 0) is 17.8 Å². The van der Waals surface area contributed by atoms with Crippen LogP contribution in [0.15, 0.2) is 36.5 Å². The number of benzene rings is 1. The van der Waals surface area contributed by atoms with Gasteiger partial charge in [0, 0.05) is 37.3 Å². The highest BCUT2D eigenvalue weighted by Crippen LogP contribution is 2.29. The number of β-amino-alcohol motifs (C(OH)–C–C–N with tert-alkyl or cyclic N) is 1. The summed E-state index contributed by atoms with van der Waals surface area (Å²) in [6.07, 6.45) is 2.59. The van der Waals surface area contributed by atoms with Gasteiger partial charge in [-0.3, -0.25) is 4.79 Å². The van der Waals surface area contributed by atoms with Crippen molar-refractivity contribution >= 4 is 23.2 Å². The summed E-state index contributed by atoms with van der Waals surface area (Å²) in [5.74, 6) is 1.72. The van der Waals surface area contributed by atoms with Crippen molar-refractivity contribution in [2.45, 2.75) is 45.3 Å². The Kier molecular flexibility index (Phi) is 7.10. The van der Waals surface area contributed by atoms with E-state index >= 15 is 0 Å². The Balaban J connectivity index is 1.54. The van der Waals surface area contributed by atoms with Crippen LogP contribution in [-0.4, -0.2) is 51.4 Å². The van der Waals surface area contributed by atoms with Crippen molar-refractivity contribution in [2.24, 2.45) is 11.7 Å². The van der Waals surface area contributed by atoms with E-state index < -0.39 is 0 Å². The van der Waals surface area contributed by atoms with Crippen LogP contribution in [0.5, 0.6) is 0 Å². The first kappa shape index (κ1) is 23.0. The maximum atomic E-state index is 11.2. The summed E-state index contributed by atoms with van der Waals surface area (Å²) >= 11 is 0.